The fourth-order valence-corrected chi connectivity index (χ4v) is 5.50. The predicted molar refractivity (Wildman–Crippen MR) is 92.6 cm³/mol. The van der Waals surface area contributed by atoms with Crippen molar-refractivity contribution < 1.29 is 17.9 Å². The quantitative estimate of drug-likeness (QED) is 0.764. The van der Waals surface area contributed by atoms with Gasteiger partial charge in [0.1, 0.15) is 16.4 Å². The van der Waals surface area contributed by atoms with Gasteiger partial charge in [0.25, 0.3) is 0 Å². The van der Waals surface area contributed by atoms with Crippen LogP contribution in [0.5, 0.6) is 0 Å². The molecule has 24 heavy (non-hydrogen) atoms. The second-order valence-corrected chi connectivity index (χ2v) is 8.55. The maximum Gasteiger partial charge on any atom is 0.350 e. The Morgan fingerprint density at radius 1 is 1.21 bits per heavy atom. The number of sulfonamides is 1. The Kier molecular flexibility index (Phi) is 5.03. The number of benzene rings is 1. The topological polar surface area (TPSA) is 63.7 Å². The highest BCUT2D eigenvalue weighted by Crippen LogP contribution is 2.28. The van der Waals surface area contributed by atoms with Gasteiger partial charge >= 0.3 is 5.97 Å². The summed E-state index contributed by atoms with van der Waals surface area (Å²) in [5.74, 6) is -0.592. The molecule has 0 atom stereocenters. The third kappa shape index (κ3) is 3.38. The molecule has 2 heterocycles. The standard InChI is InChI=1S/C17H19NO4S2/c1-13-6-2-3-7-14(13)12-22-17(19)16-15(8-11-23-16)24(20,21)18-9-4-5-10-18/h2-3,6-8,11H,4-5,9-10,12H2,1H3. The summed E-state index contributed by atoms with van der Waals surface area (Å²) >= 11 is 1.10. The summed E-state index contributed by atoms with van der Waals surface area (Å²) < 4.78 is 32.1. The van der Waals surface area contributed by atoms with Gasteiger partial charge in [-0.05, 0) is 42.3 Å². The van der Waals surface area contributed by atoms with E-state index in [9.17, 15) is 13.2 Å². The van der Waals surface area contributed by atoms with Crippen molar-refractivity contribution in [2.45, 2.75) is 31.3 Å². The van der Waals surface area contributed by atoms with Gasteiger partial charge in [-0.25, -0.2) is 13.2 Å². The summed E-state index contributed by atoms with van der Waals surface area (Å²) in [6.07, 6.45) is 1.72. The first-order chi connectivity index (χ1) is 11.5. The first-order valence-corrected chi connectivity index (χ1v) is 10.1. The third-order valence-corrected chi connectivity index (χ3v) is 7.08. The van der Waals surface area contributed by atoms with Gasteiger partial charge in [-0.15, -0.1) is 11.3 Å². The Hall–Kier alpha value is -1.70. The van der Waals surface area contributed by atoms with Crippen LogP contribution in [0.1, 0.15) is 33.6 Å². The molecule has 2 aromatic rings. The molecule has 0 amide bonds. The van der Waals surface area contributed by atoms with Crippen LogP contribution in [0, 0.1) is 6.92 Å². The summed E-state index contributed by atoms with van der Waals surface area (Å²) in [5, 5.41) is 1.62. The molecular weight excluding hydrogens is 346 g/mol. The SMILES string of the molecule is Cc1ccccc1COC(=O)c1sccc1S(=O)(=O)N1CCCC1. The molecule has 1 aromatic heterocycles. The van der Waals surface area contributed by atoms with E-state index >= 15 is 0 Å². The number of hydrogen-bond acceptors (Lipinski definition) is 5. The van der Waals surface area contributed by atoms with Gasteiger partial charge in [0.05, 0.1) is 0 Å². The minimum atomic E-state index is -3.62. The van der Waals surface area contributed by atoms with E-state index in [0.717, 1.165) is 35.3 Å². The van der Waals surface area contributed by atoms with Gasteiger partial charge in [-0.3, -0.25) is 0 Å². The molecule has 1 fully saturated rings. The van der Waals surface area contributed by atoms with E-state index in [-0.39, 0.29) is 16.4 Å². The number of nitrogens with zero attached hydrogens (tertiary/aromatic N) is 1. The fraction of sp³-hybridized carbons (Fsp3) is 0.353. The molecule has 0 spiro atoms. The van der Waals surface area contributed by atoms with Crippen molar-refractivity contribution in [3.63, 3.8) is 0 Å². The summed E-state index contributed by atoms with van der Waals surface area (Å²) in [5.41, 5.74) is 1.94. The van der Waals surface area contributed by atoms with Crippen LogP contribution in [-0.2, 0) is 21.4 Å². The van der Waals surface area contributed by atoms with Crippen LogP contribution < -0.4 is 0 Å². The van der Waals surface area contributed by atoms with Crippen LogP contribution in [0.4, 0.5) is 0 Å². The van der Waals surface area contributed by atoms with E-state index in [4.69, 9.17) is 4.74 Å². The van der Waals surface area contributed by atoms with Crippen molar-refractivity contribution in [3.8, 4) is 0 Å². The molecule has 7 heteroatoms. The summed E-state index contributed by atoms with van der Waals surface area (Å²) in [6.45, 7) is 3.09. The van der Waals surface area contributed by atoms with Gasteiger partial charge in [-0.1, -0.05) is 24.3 Å². The number of rotatable bonds is 5. The Morgan fingerprint density at radius 2 is 1.92 bits per heavy atom. The Morgan fingerprint density at radius 3 is 2.62 bits per heavy atom. The minimum absolute atomic E-state index is 0.0594. The minimum Gasteiger partial charge on any atom is -0.457 e. The molecule has 5 nitrogen and oxygen atoms in total. The number of carbonyl (C=O) groups is 1. The molecule has 0 radical (unpaired) electrons. The van der Waals surface area contributed by atoms with Crippen molar-refractivity contribution in [1.29, 1.82) is 0 Å². The van der Waals surface area contributed by atoms with E-state index in [1.807, 2.05) is 31.2 Å². The van der Waals surface area contributed by atoms with Crippen LogP contribution in [0.15, 0.2) is 40.6 Å². The molecule has 1 aliphatic rings. The maximum atomic E-state index is 12.7. The Bertz CT molecular complexity index is 836. The molecule has 0 bridgehead atoms. The zero-order valence-corrected chi connectivity index (χ0v) is 15.0. The van der Waals surface area contributed by atoms with Crippen molar-refractivity contribution in [1.82, 2.24) is 4.31 Å². The maximum absolute atomic E-state index is 12.7. The van der Waals surface area contributed by atoms with Crippen molar-refractivity contribution in [2.24, 2.45) is 0 Å². The Labute approximate surface area is 145 Å². The van der Waals surface area contributed by atoms with Crippen molar-refractivity contribution in [2.75, 3.05) is 13.1 Å². The van der Waals surface area contributed by atoms with Crippen LogP contribution in [0.25, 0.3) is 0 Å². The van der Waals surface area contributed by atoms with Crippen LogP contribution in [0.2, 0.25) is 0 Å². The van der Waals surface area contributed by atoms with Gasteiger partial charge in [-0.2, -0.15) is 4.31 Å². The average Bonchev–Trinajstić information content (AvgIpc) is 3.25. The Balaban J connectivity index is 1.77. The molecule has 1 aliphatic heterocycles. The lowest BCUT2D eigenvalue weighted by Gasteiger charge is -2.15. The lowest BCUT2D eigenvalue weighted by Crippen LogP contribution is -2.28. The smallest absolute Gasteiger partial charge is 0.350 e. The lowest BCUT2D eigenvalue weighted by atomic mass is 10.1. The molecule has 0 N–H and O–H groups in total. The highest BCUT2D eigenvalue weighted by molar-refractivity contribution is 7.89. The second kappa shape index (κ2) is 7.04. The number of carbonyl (C=O) groups excluding carboxylic acids is 1. The molecule has 1 saturated heterocycles. The zero-order valence-electron chi connectivity index (χ0n) is 13.4. The largest absolute Gasteiger partial charge is 0.457 e. The van der Waals surface area contributed by atoms with Gasteiger partial charge in [0.2, 0.25) is 10.0 Å². The van der Waals surface area contributed by atoms with E-state index in [0.29, 0.717) is 13.1 Å². The van der Waals surface area contributed by atoms with E-state index in [2.05, 4.69) is 0 Å². The summed E-state index contributed by atoms with van der Waals surface area (Å²) in [7, 11) is -3.62. The fourth-order valence-electron chi connectivity index (χ4n) is 2.70. The normalized spacial score (nSPS) is 15.5. The number of thiophene rings is 1. The monoisotopic (exact) mass is 365 g/mol. The highest BCUT2D eigenvalue weighted by Gasteiger charge is 2.32. The van der Waals surface area contributed by atoms with Gasteiger partial charge < -0.3 is 4.74 Å². The molecule has 0 saturated carbocycles. The molecule has 1 aromatic carbocycles. The molecule has 0 unspecified atom stereocenters. The predicted octanol–water partition coefficient (Wildman–Crippen LogP) is 3.20. The summed E-state index contributed by atoms with van der Waals surface area (Å²) in [4.78, 5) is 12.6. The zero-order chi connectivity index (χ0) is 17.2. The number of hydrogen-bond donors (Lipinski definition) is 0. The molecule has 3 rings (SSSR count). The number of aryl methyl sites for hydroxylation is 1. The third-order valence-electron chi connectivity index (χ3n) is 4.12. The van der Waals surface area contributed by atoms with E-state index < -0.39 is 16.0 Å². The van der Waals surface area contributed by atoms with Crippen molar-refractivity contribution >= 4 is 27.3 Å². The first kappa shape index (κ1) is 17.1. The van der Waals surface area contributed by atoms with Crippen molar-refractivity contribution in [3.05, 3.63) is 51.7 Å². The average molecular weight is 365 g/mol. The first-order valence-electron chi connectivity index (χ1n) is 7.79. The summed E-state index contributed by atoms with van der Waals surface area (Å²) in [6, 6.07) is 9.12. The van der Waals surface area contributed by atoms with Crippen LogP contribution >= 0.6 is 11.3 Å². The van der Waals surface area contributed by atoms with E-state index in [1.54, 1.807) is 5.38 Å². The number of esters is 1. The van der Waals surface area contributed by atoms with Crippen LogP contribution in [0.3, 0.4) is 0 Å². The van der Waals surface area contributed by atoms with E-state index in [1.165, 1.54) is 10.4 Å². The lowest BCUT2D eigenvalue weighted by molar-refractivity contribution is 0.0473. The molecular formula is C17H19NO4S2. The highest BCUT2D eigenvalue weighted by atomic mass is 32.2. The van der Waals surface area contributed by atoms with Crippen LogP contribution in [-0.4, -0.2) is 31.8 Å². The van der Waals surface area contributed by atoms with Gasteiger partial charge in [0.15, 0.2) is 0 Å². The molecule has 128 valence electrons. The number of ether oxygens (including phenoxy) is 1. The molecule has 0 aliphatic carbocycles. The van der Waals surface area contributed by atoms with Gasteiger partial charge in [0, 0.05) is 13.1 Å². The second-order valence-electron chi connectivity index (χ2n) is 5.73.